The Balaban J connectivity index is 2.12. The molecule has 1 aliphatic carbocycles. The molecule has 0 aromatic rings. The second-order valence-corrected chi connectivity index (χ2v) is 5.90. The van der Waals surface area contributed by atoms with E-state index in [2.05, 4.69) is 0 Å². The summed E-state index contributed by atoms with van der Waals surface area (Å²) >= 11 is 5.11. The number of carbonyl (C=O) groups excluding carboxylic acids is 1. The molecule has 0 radical (unpaired) electrons. The first-order chi connectivity index (χ1) is 8.62. The molecule has 5 heteroatoms. The molecule has 0 aromatic heterocycles. The number of piperidine rings is 1. The zero-order chi connectivity index (χ0) is 13.2. The Morgan fingerprint density at radius 2 is 2.11 bits per heavy atom. The zero-order valence-corrected chi connectivity index (χ0v) is 11.5. The van der Waals surface area contributed by atoms with Gasteiger partial charge in [-0.25, -0.2) is 0 Å². The zero-order valence-electron chi connectivity index (χ0n) is 10.7. The van der Waals surface area contributed by atoms with Gasteiger partial charge >= 0.3 is 0 Å². The van der Waals surface area contributed by atoms with Gasteiger partial charge in [-0.1, -0.05) is 18.6 Å². The van der Waals surface area contributed by atoms with Crippen LogP contribution in [0.3, 0.4) is 0 Å². The number of hydrogen-bond acceptors (Lipinski definition) is 3. The van der Waals surface area contributed by atoms with Crippen molar-refractivity contribution in [3.05, 3.63) is 0 Å². The third kappa shape index (κ3) is 2.26. The molecule has 1 amide bonds. The summed E-state index contributed by atoms with van der Waals surface area (Å²) in [4.78, 5) is 15.0. The number of aliphatic hydroxyl groups excluding tert-OH is 1. The maximum atomic E-state index is 12.7. The molecule has 1 atom stereocenters. The topological polar surface area (TPSA) is 66.6 Å². The monoisotopic (exact) mass is 270 g/mol. The van der Waals surface area contributed by atoms with E-state index >= 15 is 0 Å². The summed E-state index contributed by atoms with van der Waals surface area (Å²) in [5.74, 6) is 0.111. The van der Waals surface area contributed by atoms with E-state index in [0.29, 0.717) is 11.4 Å². The summed E-state index contributed by atoms with van der Waals surface area (Å²) in [6.45, 7) is 0.919. The molecular weight excluding hydrogens is 248 g/mol. The number of nitrogens with two attached hydrogens (primary N) is 1. The van der Waals surface area contributed by atoms with Crippen LogP contribution in [0.2, 0.25) is 0 Å². The van der Waals surface area contributed by atoms with Crippen molar-refractivity contribution in [2.75, 3.05) is 13.2 Å². The standard InChI is InChI=1S/C13H22N2O2S/c14-11(18)13(6-3-7-13)12(17)15-8-2-1-4-10(15)5-9-16/h10,16H,1-9H2,(H2,14,18). The van der Waals surface area contributed by atoms with Gasteiger partial charge in [-0.2, -0.15) is 0 Å². The fraction of sp³-hybridized carbons (Fsp3) is 0.846. The minimum atomic E-state index is -0.569. The number of carbonyl (C=O) groups is 1. The highest BCUT2D eigenvalue weighted by Crippen LogP contribution is 2.44. The number of rotatable bonds is 4. The lowest BCUT2D eigenvalue weighted by atomic mass is 9.67. The Morgan fingerprint density at radius 3 is 2.61 bits per heavy atom. The lowest BCUT2D eigenvalue weighted by Crippen LogP contribution is -2.57. The van der Waals surface area contributed by atoms with E-state index in [1.807, 2.05) is 4.90 Å². The summed E-state index contributed by atoms with van der Waals surface area (Å²) in [6, 6.07) is 0.170. The van der Waals surface area contributed by atoms with E-state index in [9.17, 15) is 4.79 Å². The van der Waals surface area contributed by atoms with Crippen LogP contribution in [0.15, 0.2) is 0 Å². The SMILES string of the molecule is NC(=S)C1(C(=O)N2CCCCC2CCO)CCC1. The van der Waals surface area contributed by atoms with Crippen molar-refractivity contribution in [1.29, 1.82) is 0 Å². The maximum Gasteiger partial charge on any atom is 0.235 e. The van der Waals surface area contributed by atoms with Gasteiger partial charge in [0, 0.05) is 19.2 Å². The van der Waals surface area contributed by atoms with E-state index in [1.54, 1.807) is 0 Å². The molecule has 0 bridgehead atoms. The minimum Gasteiger partial charge on any atom is -0.396 e. The predicted molar refractivity (Wildman–Crippen MR) is 74.1 cm³/mol. The Morgan fingerprint density at radius 1 is 1.39 bits per heavy atom. The van der Waals surface area contributed by atoms with Gasteiger partial charge in [0.25, 0.3) is 0 Å². The molecule has 2 fully saturated rings. The lowest BCUT2D eigenvalue weighted by molar-refractivity contribution is -0.146. The van der Waals surface area contributed by atoms with Crippen LogP contribution in [0.25, 0.3) is 0 Å². The van der Waals surface area contributed by atoms with Gasteiger partial charge in [-0.3, -0.25) is 4.79 Å². The number of aliphatic hydroxyl groups is 1. The summed E-state index contributed by atoms with van der Waals surface area (Å²) < 4.78 is 0. The third-order valence-corrected chi connectivity index (χ3v) is 4.83. The predicted octanol–water partition coefficient (Wildman–Crippen LogP) is 1.21. The Kier molecular flexibility index (Phi) is 4.22. The molecule has 4 nitrogen and oxygen atoms in total. The number of nitrogens with zero attached hydrogens (tertiary/aromatic N) is 1. The van der Waals surface area contributed by atoms with Crippen molar-refractivity contribution in [2.24, 2.45) is 11.1 Å². The largest absolute Gasteiger partial charge is 0.396 e. The molecule has 1 saturated heterocycles. The van der Waals surface area contributed by atoms with Crippen molar-refractivity contribution in [3.8, 4) is 0 Å². The van der Waals surface area contributed by atoms with E-state index in [4.69, 9.17) is 23.1 Å². The van der Waals surface area contributed by atoms with Crippen molar-refractivity contribution < 1.29 is 9.90 Å². The first-order valence-corrected chi connectivity index (χ1v) is 7.24. The molecule has 0 spiro atoms. The summed E-state index contributed by atoms with van der Waals surface area (Å²) in [5, 5.41) is 9.11. The van der Waals surface area contributed by atoms with Gasteiger partial charge in [0.2, 0.25) is 5.91 Å². The number of amides is 1. The Hall–Kier alpha value is -0.680. The quantitative estimate of drug-likeness (QED) is 0.754. The van der Waals surface area contributed by atoms with Crippen LogP contribution in [-0.2, 0) is 4.79 Å². The van der Waals surface area contributed by atoms with Crippen LogP contribution < -0.4 is 5.73 Å². The van der Waals surface area contributed by atoms with Crippen molar-refractivity contribution >= 4 is 23.1 Å². The first-order valence-electron chi connectivity index (χ1n) is 6.83. The minimum absolute atomic E-state index is 0.111. The highest BCUT2D eigenvalue weighted by Gasteiger charge is 2.50. The molecule has 2 aliphatic rings. The molecule has 2 rings (SSSR count). The normalized spacial score (nSPS) is 26.5. The molecule has 18 heavy (non-hydrogen) atoms. The fourth-order valence-corrected chi connectivity index (χ4v) is 3.38. The van der Waals surface area contributed by atoms with Crippen molar-refractivity contribution in [2.45, 2.75) is 51.0 Å². The van der Waals surface area contributed by atoms with Gasteiger partial charge in [-0.15, -0.1) is 0 Å². The van der Waals surface area contributed by atoms with Gasteiger partial charge < -0.3 is 15.7 Å². The highest BCUT2D eigenvalue weighted by molar-refractivity contribution is 7.80. The van der Waals surface area contributed by atoms with E-state index < -0.39 is 5.41 Å². The van der Waals surface area contributed by atoms with Gasteiger partial charge in [-0.05, 0) is 38.5 Å². The van der Waals surface area contributed by atoms with Crippen LogP contribution in [0.1, 0.15) is 44.9 Å². The third-order valence-electron chi connectivity index (χ3n) is 4.44. The second kappa shape index (κ2) is 5.53. The van der Waals surface area contributed by atoms with E-state index in [-0.39, 0.29) is 18.6 Å². The fourth-order valence-electron chi connectivity index (χ4n) is 3.09. The molecular formula is C13H22N2O2S. The molecule has 0 aromatic carbocycles. The summed E-state index contributed by atoms with van der Waals surface area (Å²) in [7, 11) is 0. The molecule has 1 saturated carbocycles. The van der Waals surface area contributed by atoms with Crippen molar-refractivity contribution in [3.63, 3.8) is 0 Å². The first kappa shape index (κ1) is 13.7. The lowest BCUT2D eigenvalue weighted by Gasteiger charge is -2.46. The molecule has 102 valence electrons. The van der Waals surface area contributed by atoms with Gasteiger partial charge in [0.1, 0.15) is 0 Å². The van der Waals surface area contributed by atoms with Crippen LogP contribution in [0, 0.1) is 5.41 Å². The van der Waals surface area contributed by atoms with E-state index in [1.165, 1.54) is 0 Å². The van der Waals surface area contributed by atoms with Crippen molar-refractivity contribution in [1.82, 2.24) is 4.90 Å². The Labute approximate surface area is 114 Å². The summed E-state index contributed by atoms with van der Waals surface area (Å²) in [5.41, 5.74) is 5.23. The van der Waals surface area contributed by atoms with Gasteiger partial charge in [0.05, 0.1) is 10.4 Å². The van der Waals surface area contributed by atoms with Crippen LogP contribution >= 0.6 is 12.2 Å². The van der Waals surface area contributed by atoms with Crippen LogP contribution in [0.5, 0.6) is 0 Å². The number of likely N-dealkylation sites (tertiary alicyclic amines) is 1. The smallest absolute Gasteiger partial charge is 0.235 e. The molecule has 3 N–H and O–H groups in total. The van der Waals surface area contributed by atoms with Crippen LogP contribution in [-0.4, -0.2) is 40.1 Å². The molecule has 1 unspecified atom stereocenters. The average molecular weight is 270 g/mol. The average Bonchev–Trinajstić information content (AvgIpc) is 2.28. The molecule has 1 aliphatic heterocycles. The number of thiocarbonyl (C=S) groups is 1. The van der Waals surface area contributed by atoms with E-state index in [0.717, 1.165) is 45.1 Å². The second-order valence-electron chi connectivity index (χ2n) is 5.46. The molecule has 1 heterocycles. The van der Waals surface area contributed by atoms with Gasteiger partial charge in [0.15, 0.2) is 0 Å². The van der Waals surface area contributed by atoms with Crippen LogP contribution in [0.4, 0.5) is 0 Å². The number of hydrogen-bond donors (Lipinski definition) is 2. The summed E-state index contributed by atoms with van der Waals surface area (Å²) in [6.07, 6.45) is 6.45. The highest BCUT2D eigenvalue weighted by atomic mass is 32.1. The maximum absolute atomic E-state index is 12.7. The Bertz CT molecular complexity index is 340.